The predicted molar refractivity (Wildman–Crippen MR) is 87.5 cm³/mol. The van der Waals surface area contributed by atoms with Crippen LogP contribution in [-0.4, -0.2) is 15.0 Å². The number of ether oxygens (including phenoxy) is 1. The molecule has 1 aromatic carbocycles. The zero-order valence-electron chi connectivity index (χ0n) is 13.7. The van der Waals surface area contributed by atoms with E-state index in [-0.39, 0.29) is 0 Å². The summed E-state index contributed by atoms with van der Waals surface area (Å²) in [7, 11) is 0. The van der Waals surface area contributed by atoms with Crippen LogP contribution in [0.1, 0.15) is 44.1 Å². The molecule has 0 amide bonds. The summed E-state index contributed by atoms with van der Waals surface area (Å²) in [5, 5.41) is 8.38. The predicted octanol–water partition coefficient (Wildman–Crippen LogP) is 2.92. The molecule has 0 fully saturated rings. The summed E-state index contributed by atoms with van der Waals surface area (Å²) in [5.41, 5.74) is 8.82. The van der Waals surface area contributed by atoms with E-state index in [1.54, 1.807) is 0 Å². The van der Waals surface area contributed by atoms with Crippen molar-refractivity contribution in [3.63, 3.8) is 0 Å². The van der Waals surface area contributed by atoms with E-state index in [2.05, 4.69) is 43.2 Å². The molecule has 2 aromatic rings. The molecule has 5 nitrogen and oxygen atoms in total. The van der Waals surface area contributed by atoms with E-state index in [0.29, 0.717) is 19.1 Å². The molecule has 0 radical (unpaired) electrons. The first kappa shape index (κ1) is 16.5. The Morgan fingerprint density at radius 3 is 2.82 bits per heavy atom. The third-order valence-corrected chi connectivity index (χ3v) is 3.71. The van der Waals surface area contributed by atoms with Crippen LogP contribution in [0.15, 0.2) is 24.3 Å². The van der Waals surface area contributed by atoms with Gasteiger partial charge in [-0.15, -0.1) is 5.10 Å². The Balaban J connectivity index is 2.08. The fourth-order valence-electron chi connectivity index (χ4n) is 2.25. The average molecular weight is 302 g/mol. The third-order valence-electron chi connectivity index (χ3n) is 3.71. The number of rotatable bonds is 8. The molecular formula is C17H26N4O. The number of nitrogens with zero attached hydrogens (tertiary/aromatic N) is 3. The molecule has 0 atom stereocenters. The second-order valence-electron chi connectivity index (χ2n) is 5.88. The highest BCUT2D eigenvalue weighted by Gasteiger charge is 2.13. The van der Waals surface area contributed by atoms with Gasteiger partial charge in [-0.3, -0.25) is 0 Å². The number of nitrogens with two attached hydrogens (primary N) is 1. The molecule has 1 aromatic heterocycles. The van der Waals surface area contributed by atoms with Crippen LogP contribution in [0.25, 0.3) is 0 Å². The van der Waals surface area contributed by atoms with Gasteiger partial charge in [0, 0.05) is 13.1 Å². The average Bonchev–Trinajstić information content (AvgIpc) is 2.93. The van der Waals surface area contributed by atoms with Gasteiger partial charge in [0.2, 0.25) is 0 Å². The molecule has 5 heteroatoms. The first-order chi connectivity index (χ1) is 10.6. The van der Waals surface area contributed by atoms with Crippen LogP contribution >= 0.6 is 0 Å². The lowest BCUT2D eigenvalue weighted by Gasteiger charge is -2.11. The molecule has 0 aliphatic carbocycles. The Morgan fingerprint density at radius 2 is 2.14 bits per heavy atom. The second kappa shape index (κ2) is 7.94. The van der Waals surface area contributed by atoms with Crippen LogP contribution in [0.5, 0.6) is 5.75 Å². The first-order valence-corrected chi connectivity index (χ1v) is 7.97. The summed E-state index contributed by atoms with van der Waals surface area (Å²) in [6.07, 6.45) is 2.06. The highest BCUT2D eigenvalue weighted by Crippen LogP contribution is 2.17. The zero-order valence-corrected chi connectivity index (χ0v) is 13.7. The topological polar surface area (TPSA) is 66.0 Å². The van der Waals surface area contributed by atoms with E-state index in [9.17, 15) is 0 Å². The van der Waals surface area contributed by atoms with Gasteiger partial charge in [-0.1, -0.05) is 38.1 Å². The van der Waals surface area contributed by atoms with E-state index in [1.165, 1.54) is 5.56 Å². The lowest BCUT2D eigenvalue weighted by atomic mass is 10.1. The summed E-state index contributed by atoms with van der Waals surface area (Å²) >= 11 is 0. The molecular weight excluding hydrogens is 276 g/mol. The molecule has 0 spiro atoms. The van der Waals surface area contributed by atoms with Crippen molar-refractivity contribution in [2.24, 2.45) is 11.7 Å². The van der Waals surface area contributed by atoms with Crippen LogP contribution in [0.2, 0.25) is 0 Å². The number of aromatic nitrogens is 3. The van der Waals surface area contributed by atoms with Crippen LogP contribution < -0.4 is 10.5 Å². The van der Waals surface area contributed by atoms with Gasteiger partial charge in [0.25, 0.3) is 0 Å². The van der Waals surface area contributed by atoms with E-state index in [0.717, 1.165) is 36.5 Å². The minimum Gasteiger partial charge on any atom is -0.487 e. The molecule has 2 rings (SSSR count). The van der Waals surface area contributed by atoms with Crippen molar-refractivity contribution < 1.29 is 4.74 Å². The van der Waals surface area contributed by atoms with Gasteiger partial charge < -0.3 is 10.5 Å². The van der Waals surface area contributed by atoms with Crippen molar-refractivity contribution in [3.05, 3.63) is 41.2 Å². The maximum Gasteiger partial charge on any atom is 0.132 e. The summed E-state index contributed by atoms with van der Waals surface area (Å²) < 4.78 is 7.85. The Kier molecular flexibility index (Phi) is 5.95. The summed E-state index contributed by atoms with van der Waals surface area (Å²) in [4.78, 5) is 0. The maximum atomic E-state index is 5.93. The van der Waals surface area contributed by atoms with E-state index in [4.69, 9.17) is 10.5 Å². The lowest BCUT2D eigenvalue weighted by molar-refractivity contribution is 0.288. The van der Waals surface area contributed by atoms with Crippen LogP contribution in [0.4, 0.5) is 0 Å². The van der Waals surface area contributed by atoms with Gasteiger partial charge in [-0.25, -0.2) is 4.68 Å². The van der Waals surface area contributed by atoms with Gasteiger partial charge in [0.15, 0.2) is 0 Å². The van der Waals surface area contributed by atoms with Gasteiger partial charge in [-0.05, 0) is 36.5 Å². The minimum absolute atomic E-state index is 0.384. The molecule has 0 saturated carbocycles. The van der Waals surface area contributed by atoms with E-state index < -0.39 is 0 Å². The molecule has 1 heterocycles. The number of hydrogen-bond donors (Lipinski definition) is 1. The number of benzene rings is 1. The molecule has 0 aliphatic heterocycles. The highest BCUT2D eigenvalue weighted by atomic mass is 16.5. The minimum atomic E-state index is 0.384. The lowest BCUT2D eigenvalue weighted by Crippen LogP contribution is -2.12. The van der Waals surface area contributed by atoms with Crippen molar-refractivity contribution in [1.82, 2.24) is 15.0 Å². The van der Waals surface area contributed by atoms with E-state index >= 15 is 0 Å². The van der Waals surface area contributed by atoms with Gasteiger partial charge in [0.05, 0.1) is 0 Å². The van der Waals surface area contributed by atoms with Gasteiger partial charge >= 0.3 is 0 Å². The molecule has 0 bridgehead atoms. The first-order valence-electron chi connectivity index (χ1n) is 7.97. The van der Waals surface area contributed by atoms with Crippen molar-refractivity contribution in [2.45, 2.75) is 53.3 Å². The Hall–Kier alpha value is -1.88. The van der Waals surface area contributed by atoms with Crippen molar-refractivity contribution in [1.29, 1.82) is 0 Å². The molecule has 22 heavy (non-hydrogen) atoms. The number of aryl methyl sites for hydroxylation is 2. The monoisotopic (exact) mass is 302 g/mol. The normalized spacial score (nSPS) is 11.1. The van der Waals surface area contributed by atoms with Crippen molar-refractivity contribution >= 4 is 0 Å². The smallest absolute Gasteiger partial charge is 0.132 e. The van der Waals surface area contributed by atoms with Crippen LogP contribution in [0.3, 0.4) is 0 Å². The van der Waals surface area contributed by atoms with Crippen molar-refractivity contribution in [2.75, 3.05) is 0 Å². The van der Waals surface area contributed by atoms with E-state index in [1.807, 2.05) is 16.8 Å². The third kappa shape index (κ3) is 4.31. The Bertz CT molecular complexity index is 592. The Morgan fingerprint density at radius 1 is 1.32 bits per heavy atom. The molecule has 120 valence electrons. The second-order valence-corrected chi connectivity index (χ2v) is 5.88. The standard InChI is InChI=1S/C17H26N4O/c1-4-14-6-5-7-15(10-14)22-12-17-16(11-18)19-20-21(17)9-8-13(2)3/h5-7,10,13H,4,8-9,11-12,18H2,1-3H3. The van der Waals surface area contributed by atoms with Crippen molar-refractivity contribution in [3.8, 4) is 5.75 Å². The number of hydrogen-bond acceptors (Lipinski definition) is 4. The molecule has 0 unspecified atom stereocenters. The molecule has 2 N–H and O–H groups in total. The van der Waals surface area contributed by atoms with Crippen LogP contribution in [-0.2, 0) is 26.1 Å². The Labute approximate surface area is 132 Å². The SMILES string of the molecule is CCc1cccc(OCc2c(CN)nnn2CCC(C)C)c1. The van der Waals surface area contributed by atoms with Gasteiger partial charge in [0.1, 0.15) is 23.7 Å². The summed E-state index contributed by atoms with van der Waals surface area (Å²) in [5.74, 6) is 1.50. The highest BCUT2D eigenvalue weighted by molar-refractivity contribution is 5.28. The largest absolute Gasteiger partial charge is 0.487 e. The zero-order chi connectivity index (χ0) is 15.9. The summed E-state index contributed by atoms with van der Waals surface area (Å²) in [6.45, 7) is 8.22. The molecule has 0 saturated heterocycles. The fourth-order valence-corrected chi connectivity index (χ4v) is 2.25. The molecule has 0 aliphatic rings. The quantitative estimate of drug-likeness (QED) is 0.814. The summed E-state index contributed by atoms with van der Waals surface area (Å²) in [6, 6.07) is 8.17. The fraction of sp³-hybridized carbons (Fsp3) is 0.529. The van der Waals surface area contributed by atoms with Crippen LogP contribution in [0, 0.1) is 5.92 Å². The van der Waals surface area contributed by atoms with Gasteiger partial charge in [-0.2, -0.15) is 0 Å². The maximum absolute atomic E-state index is 5.93.